The molecule has 2 aliphatic carbocycles. The van der Waals surface area contributed by atoms with E-state index in [4.69, 9.17) is 10.8 Å². The molecule has 2 fully saturated rings. The molecule has 2 aliphatic rings. The van der Waals surface area contributed by atoms with Gasteiger partial charge < -0.3 is 16.2 Å². The van der Waals surface area contributed by atoms with E-state index in [1.807, 2.05) is 0 Å². The molecule has 2 saturated carbocycles. The third-order valence-electron chi connectivity index (χ3n) is 5.19. The number of nitrogens with one attached hydrogen (secondary N) is 1. The summed E-state index contributed by atoms with van der Waals surface area (Å²) in [4.78, 5) is 32.4. The molecule has 0 unspecified atom stereocenters. The van der Waals surface area contributed by atoms with Gasteiger partial charge in [-0.3, -0.25) is 14.4 Å². The number of primary amides is 1. The van der Waals surface area contributed by atoms with Crippen molar-refractivity contribution in [1.29, 1.82) is 0 Å². The Morgan fingerprint density at radius 2 is 1.29 bits per heavy atom. The fourth-order valence-corrected chi connectivity index (χ4v) is 3.35. The Kier molecular flexibility index (Phi) is 8.79. The second kappa shape index (κ2) is 10.3. The molecule has 0 saturated heterocycles. The zero-order chi connectivity index (χ0) is 18.1. The summed E-state index contributed by atoms with van der Waals surface area (Å²) >= 11 is 0. The minimum absolute atomic E-state index is 0.0179. The highest BCUT2D eigenvalue weighted by molar-refractivity contribution is 5.84. The van der Waals surface area contributed by atoms with Crippen LogP contribution in [0.2, 0.25) is 0 Å². The fraction of sp³-hybridized carbons (Fsp3) is 0.833. The van der Waals surface area contributed by atoms with Crippen LogP contribution in [0, 0.1) is 23.7 Å². The van der Waals surface area contributed by atoms with Crippen molar-refractivity contribution >= 4 is 17.8 Å². The molecule has 0 atom stereocenters. The molecule has 4 N–H and O–H groups in total. The van der Waals surface area contributed by atoms with Gasteiger partial charge in [0.1, 0.15) is 0 Å². The maximum atomic E-state index is 11.5. The molecular weight excluding hydrogens is 308 g/mol. The number of amides is 2. The third-order valence-corrected chi connectivity index (χ3v) is 5.19. The quantitative estimate of drug-likeness (QED) is 0.729. The number of carboxylic acids is 1. The number of aliphatic carboxylic acids is 1. The van der Waals surface area contributed by atoms with E-state index in [0.717, 1.165) is 63.2 Å². The smallest absolute Gasteiger partial charge is 0.306 e. The number of rotatable bonds is 4. The van der Waals surface area contributed by atoms with Gasteiger partial charge in [-0.05, 0) is 63.2 Å². The topological polar surface area (TPSA) is 109 Å². The third kappa shape index (κ3) is 7.79. The van der Waals surface area contributed by atoms with Crippen molar-refractivity contribution in [2.45, 2.75) is 65.2 Å². The minimum Gasteiger partial charge on any atom is -0.481 e. The van der Waals surface area contributed by atoms with Crippen molar-refractivity contribution < 1.29 is 19.5 Å². The van der Waals surface area contributed by atoms with E-state index in [2.05, 4.69) is 19.2 Å². The van der Waals surface area contributed by atoms with E-state index >= 15 is 0 Å². The summed E-state index contributed by atoms with van der Waals surface area (Å²) in [5.41, 5.74) is 4.94. The molecule has 0 aromatic carbocycles. The Balaban J connectivity index is 0.000000254. The van der Waals surface area contributed by atoms with Gasteiger partial charge in [0.2, 0.25) is 11.8 Å². The molecular formula is C18H32N2O4. The van der Waals surface area contributed by atoms with E-state index < -0.39 is 11.9 Å². The largest absolute Gasteiger partial charge is 0.481 e. The van der Waals surface area contributed by atoms with Gasteiger partial charge >= 0.3 is 5.97 Å². The fourth-order valence-electron chi connectivity index (χ4n) is 3.35. The molecule has 0 bridgehead atoms. The van der Waals surface area contributed by atoms with Crippen molar-refractivity contribution in [3.8, 4) is 0 Å². The Labute approximate surface area is 144 Å². The molecule has 0 aliphatic heterocycles. The molecule has 138 valence electrons. The highest BCUT2D eigenvalue weighted by Gasteiger charge is 2.24. The first-order chi connectivity index (χ1) is 11.3. The molecule has 0 spiro atoms. The summed E-state index contributed by atoms with van der Waals surface area (Å²) in [6.45, 7) is 4.36. The average molecular weight is 340 g/mol. The number of carbonyl (C=O) groups excluding carboxylic acids is 2. The molecule has 2 rings (SSSR count). The van der Waals surface area contributed by atoms with E-state index in [1.165, 1.54) is 0 Å². The molecule has 24 heavy (non-hydrogen) atoms. The van der Waals surface area contributed by atoms with Crippen molar-refractivity contribution in [1.82, 2.24) is 5.32 Å². The molecule has 6 heteroatoms. The van der Waals surface area contributed by atoms with Crippen LogP contribution in [0.1, 0.15) is 65.2 Å². The summed E-state index contributed by atoms with van der Waals surface area (Å²) in [7, 11) is 0. The Morgan fingerprint density at radius 3 is 1.67 bits per heavy atom. The monoisotopic (exact) mass is 340 g/mol. The highest BCUT2D eigenvalue weighted by atomic mass is 16.4. The number of carboxylic acid groups (broad SMARTS) is 1. The zero-order valence-electron chi connectivity index (χ0n) is 14.9. The Hall–Kier alpha value is -1.59. The van der Waals surface area contributed by atoms with E-state index in [1.54, 1.807) is 0 Å². The average Bonchev–Trinajstić information content (AvgIpc) is 2.54. The van der Waals surface area contributed by atoms with Crippen molar-refractivity contribution in [3.63, 3.8) is 0 Å². The lowest BCUT2D eigenvalue weighted by atomic mass is 9.82. The summed E-state index contributed by atoms with van der Waals surface area (Å²) < 4.78 is 0. The molecule has 0 heterocycles. The molecule has 0 radical (unpaired) electrons. The van der Waals surface area contributed by atoms with Crippen LogP contribution < -0.4 is 11.1 Å². The van der Waals surface area contributed by atoms with Gasteiger partial charge in [0, 0.05) is 5.92 Å². The zero-order valence-corrected chi connectivity index (χ0v) is 14.9. The van der Waals surface area contributed by atoms with Crippen LogP contribution in [0.4, 0.5) is 0 Å². The molecule has 0 aromatic heterocycles. The number of nitrogens with two attached hydrogens (primary N) is 1. The molecule has 6 nitrogen and oxygen atoms in total. The van der Waals surface area contributed by atoms with Crippen molar-refractivity contribution in [3.05, 3.63) is 0 Å². The number of hydrogen-bond donors (Lipinski definition) is 3. The van der Waals surface area contributed by atoms with Gasteiger partial charge in [0.25, 0.3) is 0 Å². The summed E-state index contributed by atoms with van der Waals surface area (Å²) in [6.07, 6.45) is 8.04. The van der Waals surface area contributed by atoms with Gasteiger partial charge in [-0.25, -0.2) is 0 Å². The molecule has 0 aromatic rings. The lowest BCUT2D eigenvalue weighted by Crippen LogP contribution is -2.38. The van der Waals surface area contributed by atoms with Crippen LogP contribution >= 0.6 is 0 Å². The number of hydrogen-bond acceptors (Lipinski definition) is 3. The Morgan fingerprint density at radius 1 is 0.875 bits per heavy atom. The van der Waals surface area contributed by atoms with E-state index in [0.29, 0.717) is 0 Å². The first kappa shape index (κ1) is 20.5. The second-order valence-corrected chi connectivity index (χ2v) is 7.44. The van der Waals surface area contributed by atoms with Crippen molar-refractivity contribution in [2.75, 3.05) is 6.54 Å². The predicted molar refractivity (Wildman–Crippen MR) is 92.1 cm³/mol. The number of carbonyl (C=O) groups is 3. The van der Waals surface area contributed by atoms with E-state index in [9.17, 15) is 14.4 Å². The summed E-state index contributed by atoms with van der Waals surface area (Å²) in [5, 5.41) is 11.2. The van der Waals surface area contributed by atoms with Gasteiger partial charge in [-0.1, -0.05) is 13.8 Å². The Bertz CT molecular complexity index is 423. The van der Waals surface area contributed by atoms with Crippen LogP contribution in [-0.4, -0.2) is 29.4 Å². The lowest BCUT2D eigenvalue weighted by Gasteiger charge is -2.24. The van der Waals surface area contributed by atoms with Gasteiger partial charge in [0.15, 0.2) is 0 Å². The van der Waals surface area contributed by atoms with Crippen molar-refractivity contribution in [2.24, 2.45) is 29.4 Å². The van der Waals surface area contributed by atoms with Crippen LogP contribution in [0.25, 0.3) is 0 Å². The molecule has 2 amide bonds. The predicted octanol–water partition coefficient (Wildman–Crippen LogP) is 2.31. The first-order valence-electron chi connectivity index (χ1n) is 9.08. The standard InChI is InChI=1S/C10H18N2O2.C8H14O2/c1-7-2-4-8(5-3-7)10(14)12-6-9(11)13;1-6-2-4-7(5-3-6)8(9)10/h7-8H,2-6H2,1H3,(H2,11,13)(H,12,14);6-7H,2-5H2,1H3,(H,9,10). The van der Waals surface area contributed by atoms with Gasteiger partial charge in [-0.2, -0.15) is 0 Å². The summed E-state index contributed by atoms with van der Waals surface area (Å²) in [5.74, 6) is 0.415. The first-order valence-corrected chi connectivity index (χ1v) is 9.08. The highest BCUT2D eigenvalue weighted by Crippen LogP contribution is 2.28. The minimum atomic E-state index is -0.605. The van der Waals surface area contributed by atoms with Crippen LogP contribution in [0.15, 0.2) is 0 Å². The van der Waals surface area contributed by atoms with Crippen LogP contribution in [-0.2, 0) is 14.4 Å². The van der Waals surface area contributed by atoms with E-state index in [-0.39, 0.29) is 24.3 Å². The normalized spacial score (nSPS) is 29.8. The van der Waals surface area contributed by atoms with Crippen LogP contribution in [0.3, 0.4) is 0 Å². The maximum Gasteiger partial charge on any atom is 0.306 e. The maximum absolute atomic E-state index is 11.5. The van der Waals surface area contributed by atoms with Gasteiger partial charge in [-0.15, -0.1) is 0 Å². The lowest BCUT2D eigenvalue weighted by molar-refractivity contribution is -0.143. The van der Waals surface area contributed by atoms with Crippen LogP contribution in [0.5, 0.6) is 0 Å². The SMILES string of the molecule is CC1CCC(C(=O)NCC(N)=O)CC1.CC1CCC(C(=O)O)CC1. The van der Waals surface area contributed by atoms with Gasteiger partial charge in [0.05, 0.1) is 12.5 Å². The summed E-state index contributed by atoms with van der Waals surface area (Å²) in [6, 6.07) is 0. The second-order valence-electron chi connectivity index (χ2n) is 7.44.